The third kappa shape index (κ3) is 7.11. The van der Waals surface area contributed by atoms with Crippen LogP contribution in [-0.4, -0.2) is 29.6 Å². The number of amides is 1. The summed E-state index contributed by atoms with van der Waals surface area (Å²) < 4.78 is 0. The first-order valence-electron chi connectivity index (χ1n) is 6.76. The van der Waals surface area contributed by atoms with Crippen LogP contribution in [0.3, 0.4) is 0 Å². The molecule has 0 bridgehead atoms. The Kier molecular flexibility index (Phi) is 8.14. The summed E-state index contributed by atoms with van der Waals surface area (Å²) in [6.45, 7) is 0.728. The normalized spacial score (nSPS) is 10.4. The third-order valence-electron chi connectivity index (χ3n) is 2.94. The summed E-state index contributed by atoms with van der Waals surface area (Å²) >= 11 is 1.88. The highest BCUT2D eigenvalue weighted by atomic mass is 32.2. The molecule has 19 heavy (non-hydrogen) atoms. The van der Waals surface area contributed by atoms with E-state index in [-0.39, 0.29) is 18.1 Å². The molecule has 0 aliphatic rings. The maximum Gasteiger partial charge on any atom is 0.224 e. The highest BCUT2D eigenvalue weighted by Crippen LogP contribution is 2.15. The minimum absolute atomic E-state index is 0.0226. The van der Waals surface area contributed by atoms with Crippen molar-refractivity contribution in [3.05, 3.63) is 29.8 Å². The summed E-state index contributed by atoms with van der Waals surface area (Å²) in [4.78, 5) is 11.7. The van der Waals surface area contributed by atoms with Gasteiger partial charge in [0.1, 0.15) is 5.75 Å². The van der Waals surface area contributed by atoms with Gasteiger partial charge >= 0.3 is 0 Å². The summed E-state index contributed by atoms with van der Waals surface area (Å²) in [7, 11) is 0. The van der Waals surface area contributed by atoms with Gasteiger partial charge < -0.3 is 10.4 Å². The number of phenolic OH excluding ortho intramolecular Hbond substituents is 1. The highest BCUT2D eigenvalue weighted by molar-refractivity contribution is 7.98. The standard InChI is InChI=1S/C15H23NO2S/c1-19-11-7-3-2-6-10-16-15(18)12-13-8-4-5-9-14(13)17/h4-5,8-9,17H,2-3,6-7,10-12H2,1H3,(H,16,18). The van der Waals surface area contributed by atoms with E-state index in [0.29, 0.717) is 5.56 Å². The quantitative estimate of drug-likeness (QED) is 0.684. The minimum atomic E-state index is -0.0226. The van der Waals surface area contributed by atoms with Crippen LogP contribution in [-0.2, 0) is 11.2 Å². The van der Waals surface area contributed by atoms with Gasteiger partial charge in [0.05, 0.1) is 6.42 Å². The van der Waals surface area contributed by atoms with E-state index in [1.807, 2.05) is 17.8 Å². The molecule has 0 radical (unpaired) electrons. The van der Waals surface area contributed by atoms with Crippen molar-refractivity contribution >= 4 is 17.7 Å². The second-order valence-corrected chi connectivity index (χ2v) is 5.55. The number of carbonyl (C=O) groups is 1. The number of para-hydroxylation sites is 1. The summed E-state index contributed by atoms with van der Waals surface area (Å²) in [5.41, 5.74) is 0.681. The first-order valence-corrected chi connectivity index (χ1v) is 8.16. The van der Waals surface area contributed by atoms with Gasteiger partial charge in [-0.1, -0.05) is 31.0 Å². The molecule has 3 nitrogen and oxygen atoms in total. The number of nitrogens with one attached hydrogen (secondary N) is 1. The molecule has 0 atom stereocenters. The smallest absolute Gasteiger partial charge is 0.224 e. The number of thioether (sulfide) groups is 1. The molecule has 1 aromatic rings. The molecule has 0 heterocycles. The van der Waals surface area contributed by atoms with Crippen molar-refractivity contribution in [2.45, 2.75) is 32.1 Å². The molecule has 0 saturated heterocycles. The van der Waals surface area contributed by atoms with Crippen molar-refractivity contribution in [3.8, 4) is 5.75 Å². The number of hydrogen-bond donors (Lipinski definition) is 2. The molecule has 0 aliphatic heterocycles. The third-order valence-corrected chi connectivity index (χ3v) is 3.64. The van der Waals surface area contributed by atoms with E-state index in [2.05, 4.69) is 11.6 Å². The Morgan fingerprint density at radius 3 is 2.68 bits per heavy atom. The lowest BCUT2D eigenvalue weighted by Gasteiger charge is -2.06. The van der Waals surface area contributed by atoms with Crippen LogP contribution in [0.5, 0.6) is 5.75 Å². The van der Waals surface area contributed by atoms with E-state index in [9.17, 15) is 9.90 Å². The molecule has 2 N–H and O–H groups in total. The summed E-state index contributed by atoms with van der Waals surface area (Å²) in [5.74, 6) is 1.39. The monoisotopic (exact) mass is 281 g/mol. The zero-order chi connectivity index (χ0) is 13.9. The molecule has 0 spiro atoms. The SMILES string of the molecule is CSCCCCCCNC(=O)Cc1ccccc1O. The Balaban J connectivity index is 2.10. The van der Waals surface area contributed by atoms with E-state index in [0.717, 1.165) is 19.4 Å². The summed E-state index contributed by atoms with van der Waals surface area (Å²) in [6, 6.07) is 6.96. The van der Waals surface area contributed by atoms with E-state index in [1.54, 1.807) is 18.2 Å². The van der Waals surface area contributed by atoms with Crippen LogP contribution in [0.15, 0.2) is 24.3 Å². The molecule has 1 aromatic carbocycles. The molecule has 0 unspecified atom stereocenters. The average molecular weight is 281 g/mol. The largest absolute Gasteiger partial charge is 0.508 e. The highest BCUT2D eigenvalue weighted by Gasteiger charge is 2.05. The number of rotatable bonds is 9. The van der Waals surface area contributed by atoms with Crippen LogP contribution in [0.25, 0.3) is 0 Å². The molecule has 106 valence electrons. The van der Waals surface area contributed by atoms with Crippen LogP contribution in [0.2, 0.25) is 0 Å². The lowest BCUT2D eigenvalue weighted by Crippen LogP contribution is -2.26. The first-order chi connectivity index (χ1) is 9.24. The van der Waals surface area contributed by atoms with E-state index in [1.165, 1.54) is 18.6 Å². The van der Waals surface area contributed by atoms with Crippen LogP contribution in [0.1, 0.15) is 31.2 Å². The van der Waals surface area contributed by atoms with Gasteiger partial charge in [-0.3, -0.25) is 4.79 Å². The molecular formula is C15H23NO2S. The fourth-order valence-corrected chi connectivity index (χ4v) is 2.34. The number of aromatic hydroxyl groups is 1. The Labute approximate surface area is 119 Å². The van der Waals surface area contributed by atoms with Gasteiger partial charge in [-0.05, 0) is 30.9 Å². The maximum atomic E-state index is 11.7. The molecule has 0 fully saturated rings. The van der Waals surface area contributed by atoms with Crippen molar-refractivity contribution in [1.82, 2.24) is 5.32 Å². The van der Waals surface area contributed by atoms with Crippen LogP contribution < -0.4 is 5.32 Å². The average Bonchev–Trinajstić information content (AvgIpc) is 2.40. The van der Waals surface area contributed by atoms with E-state index in [4.69, 9.17) is 0 Å². The van der Waals surface area contributed by atoms with Gasteiger partial charge in [0.2, 0.25) is 5.91 Å². The van der Waals surface area contributed by atoms with Gasteiger partial charge in [0, 0.05) is 12.1 Å². The Bertz CT molecular complexity index is 382. The van der Waals surface area contributed by atoms with Gasteiger partial charge in [-0.2, -0.15) is 11.8 Å². The van der Waals surface area contributed by atoms with Gasteiger partial charge in [0.15, 0.2) is 0 Å². The number of unbranched alkanes of at least 4 members (excludes halogenated alkanes) is 3. The van der Waals surface area contributed by atoms with Crippen molar-refractivity contribution in [2.24, 2.45) is 0 Å². The number of hydrogen-bond acceptors (Lipinski definition) is 3. The zero-order valence-corrected chi connectivity index (χ0v) is 12.3. The first kappa shape index (κ1) is 15.9. The molecule has 4 heteroatoms. The predicted molar refractivity (Wildman–Crippen MR) is 81.7 cm³/mol. The van der Waals surface area contributed by atoms with Crippen LogP contribution >= 0.6 is 11.8 Å². The van der Waals surface area contributed by atoms with Crippen molar-refractivity contribution in [2.75, 3.05) is 18.6 Å². The fraction of sp³-hybridized carbons (Fsp3) is 0.533. The van der Waals surface area contributed by atoms with Crippen LogP contribution in [0, 0.1) is 0 Å². The summed E-state index contributed by atoms with van der Waals surface area (Å²) in [5, 5.41) is 12.5. The van der Waals surface area contributed by atoms with Crippen molar-refractivity contribution in [3.63, 3.8) is 0 Å². The molecule has 0 saturated carbocycles. The minimum Gasteiger partial charge on any atom is -0.508 e. The topological polar surface area (TPSA) is 49.3 Å². The number of phenols is 1. The van der Waals surface area contributed by atoms with Gasteiger partial charge in [-0.15, -0.1) is 0 Å². The second kappa shape index (κ2) is 9.73. The van der Waals surface area contributed by atoms with Gasteiger partial charge in [0.25, 0.3) is 0 Å². The molecule has 1 amide bonds. The van der Waals surface area contributed by atoms with Crippen molar-refractivity contribution in [1.29, 1.82) is 0 Å². The number of benzene rings is 1. The van der Waals surface area contributed by atoms with E-state index < -0.39 is 0 Å². The maximum absolute atomic E-state index is 11.7. The molecule has 1 rings (SSSR count). The molecule has 0 aromatic heterocycles. The lowest BCUT2D eigenvalue weighted by molar-refractivity contribution is -0.120. The zero-order valence-electron chi connectivity index (χ0n) is 11.5. The van der Waals surface area contributed by atoms with Gasteiger partial charge in [-0.25, -0.2) is 0 Å². The molecular weight excluding hydrogens is 258 g/mol. The lowest BCUT2D eigenvalue weighted by atomic mass is 10.1. The Morgan fingerprint density at radius 1 is 1.21 bits per heavy atom. The summed E-state index contributed by atoms with van der Waals surface area (Å²) in [6.07, 6.45) is 7.06. The fourth-order valence-electron chi connectivity index (χ4n) is 1.85. The Hall–Kier alpha value is -1.16. The number of carbonyl (C=O) groups excluding carboxylic acids is 1. The Morgan fingerprint density at radius 2 is 1.95 bits per heavy atom. The van der Waals surface area contributed by atoms with Crippen molar-refractivity contribution < 1.29 is 9.90 Å². The molecule has 0 aliphatic carbocycles. The second-order valence-electron chi connectivity index (χ2n) is 4.56. The van der Waals surface area contributed by atoms with Crippen LogP contribution in [0.4, 0.5) is 0 Å². The predicted octanol–water partition coefficient (Wildman–Crippen LogP) is 2.97. The van der Waals surface area contributed by atoms with E-state index >= 15 is 0 Å².